The predicted molar refractivity (Wildman–Crippen MR) is 60.7 cm³/mol. The van der Waals surface area contributed by atoms with Gasteiger partial charge in [-0.1, -0.05) is 22.6 Å². The number of hydrogen-bond donors (Lipinski definition) is 0. The molecule has 17 heavy (non-hydrogen) atoms. The molecule has 8 heteroatoms. The molecule has 0 spiro atoms. The molecule has 0 radical (unpaired) electrons. The molecule has 0 aromatic rings. The minimum Gasteiger partial charge on any atom is -0.463 e. The zero-order valence-corrected chi connectivity index (χ0v) is 11.4. The van der Waals surface area contributed by atoms with Gasteiger partial charge in [0.2, 0.25) is 0 Å². The molecule has 0 aliphatic heterocycles. The van der Waals surface area contributed by atoms with Gasteiger partial charge in [0.1, 0.15) is 6.10 Å². The highest BCUT2D eigenvalue weighted by molar-refractivity contribution is 14.1. The van der Waals surface area contributed by atoms with Crippen LogP contribution in [0.15, 0.2) is 0 Å². The first-order valence-electron chi connectivity index (χ1n) is 4.70. The first-order chi connectivity index (χ1) is 7.66. The van der Waals surface area contributed by atoms with Crippen molar-refractivity contribution >= 4 is 34.5 Å². The SMILES string of the molecule is CC(C)OC(=O)CC(CI)OC(=O)C(F)(F)F. The first kappa shape index (κ1) is 16.5. The summed E-state index contributed by atoms with van der Waals surface area (Å²) in [6.45, 7) is 3.22. The van der Waals surface area contributed by atoms with E-state index in [4.69, 9.17) is 4.74 Å². The predicted octanol–water partition coefficient (Wildman–Crippen LogP) is 2.24. The van der Waals surface area contributed by atoms with Crippen LogP contribution in [0.25, 0.3) is 0 Å². The molecule has 0 bridgehead atoms. The largest absolute Gasteiger partial charge is 0.490 e. The lowest BCUT2D eigenvalue weighted by Crippen LogP contribution is -2.32. The lowest BCUT2D eigenvalue weighted by molar-refractivity contribution is -0.204. The molecule has 0 heterocycles. The Labute approximate surface area is 110 Å². The van der Waals surface area contributed by atoms with Crippen LogP contribution < -0.4 is 0 Å². The van der Waals surface area contributed by atoms with Crippen molar-refractivity contribution in [2.75, 3.05) is 4.43 Å². The summed E-state index contributed by atoms with van der Waals surface area (Å²) in [7, 11) is 0. The van der Waals surface area contributed by atoms with Crippen LogP contribution in [-0.4, -0.2) is 34.8 Å². The fourth-order valence-electron chi connectivity index (χ4n) is 0.843. The minimum absolute atomic E-state index is 0.0762. The third-order valence-corrected chi connectivity index (χ3v) is 2.42. The zero-order chi connectivity index (χ0) is 13.6. The summed E-state index contributed by atoms with van der Waals surface area (Å²) in [5.74, 6) is -2.99. The maximum atomic E-state index is 11.9. The van der Waals surface area contributed by atoms with Crippen molar-refractivity contribution in [1.29, 1.82) is 0 Å². The first-order valence-corrected chi connectivity index (χ1v) is 6.22. The molecule has 0 N–H and O–H groups in total. The van der Waals surface area contributed by atoms with Crippen molar-refractivity contribution in [3.63, 3.8) is 0 Å². The number of ether oxygens (including phenoxy) is 2. The van der Waals surface area contributed by atoms with Crippen LogP contribution >= 0.6 is 22.6 Å². The fourth-order valence-corrected chi connectivity index (χ4v) is 1.33. The van der Waals surface area contributed by atoms with Gasteiger partial charge in [-0.3, -0.25) is 4.79 Å². The molecule has 0 fully saturated rings. The quantitative estimate of drug-likeness (QED) is 0.424. The fraction of sp³-hybridized carbons (Fsp3) is 0.778. The van der Waals surface area contributed by atoms with E-state index in [-0.39, 0.29) is 17.0 Å². The number of carbonyl (C=O) groups is 2. The van der Waals surface area contributed by atoms with Gasteiger partial charge in [0.05, 0.1) is 12.5 Å². The number of hydrogen-bond acceptors (Lipinski definition) is 4. The third kappa shape index (κ3) is 7.40. The van der Waals surface area contributed by atoms with E-state index < -0.39 is 24.2 Å². The van der Waals surface area contributed by atoms with E-state index in [1.165, 1.54) is 0 Å². The van der Waals surface area contributed by atoms with Crippen molar-refractivity contribution in [2.24, 2.45) is 0 Å². The Morgan fingerprint density at radius 2 is 1.76 bits per heavy atom. The third-order valence-electron chi connectivity index (χ3n) is 1.44. The van der Waals surface area contributed by atoms with Crippen molar-refractivity contribution in [1.82, 2.24) is 0 Å². The van der Waals surface area contributed by atoms with Crippen LogP contribution in [0.3, 0.4) is 0 Å². The molecule has 0 saturated carbocycles. The summed E-state index contributed by atoms with van der Waals surface area (Å²) >= 11 is 1.73. The minimum atomic E-state index is -5.05. The molecular weight excluding hydrogens is 356 g/mol. The van der Waals surface area contributed by atoms with Crippen LogP contribution in [0.5, 0.6) is 0 Å². The molecule has 1 atom stereocenters. The van der Waals surface area contributed by atoms with E-state index >= 15 is 0 Å². The van der Waals surface area contributed by atoms with Crippen LogP contribution in [-0.2, 0) is 19.1 Å². The zero-order valence-electron chi connectivity index (χ0n) is 9.21. The van der Waals surface area contributed by atoms with Gasteiger partial charge < -0.3 is 9.47 Å². The Morgan fingerprint density at radius 3 is 2.12 bits per heavy atom. The number of rotatable bonds is 5. The van der Waals surface area contributed by atoms with Gasteiger partial charge >= 0.3 is 18.1 Å². The van der Waals surface area contributed by atoms with Gasteiger partial charge in [0, 0.05) is 4.43 Å². The molecule has 0 amide bonds. The second-order valence-electron chi connectivity index (χ2n) is 3.42. The molecule has 100 valence electrons. The van der Waals surface area contributed by atoms with E-state index in [9.17, 15) is 22.8 Å². The average Bonchev–Trinajstić information content (AvgIpc) is 2.13. The van der Waals surface area contributed by atoms with Crippen LogP contribution in [0.4, 0.5) is 13.2 Å². The highest BCUT2D eigenvalue weighted by atomic mass is 127. The smallest absolute Gasteiger partial charge is 0.463 e. The summed E-state index contributed by atoms with van der Waals surface area (Å²) in [5, 5.41) is 0. The maximum Gasteiger partial charge on any atom is 0.490 e. The number of alkyl halides is 4. The van der Waals surface area contributed by atoms with Gasteiger partial charge in [0.15, 0.2) is 0 Å². The van der Waals surface area contributed by atoms with Crippen molar-refractivity contribution < 1.29 is 32.2 Å². The van der Waals surface area contributed by atoms with Crippen molar-refractivity contribution in [3.05, 3.63) is 0 Å². The molecule has 0 rings (SSSR count). The Hall–Kier alpha value is -0.540. The lowest BCUT2D eigenvalue weighted by atomic mass is 10.3. The summed E-state index contributed by atoms with van der Waals surface area (Å²) in [6.07, 6.45) is -6.93. The molecule has 0 aliphatic carbocycles. The van der Waals surface area contributed by atoms with E-state index in [1.54, 1.807) is 36.4 Å². The molecule has 0 aromatic heterocycles. The summed E-state index contributed by atoms with van der Waals surface area (Å²) < 4.78 is 44.7. The Kier molecular flexibility index (Phi) is 6.80. The molecule has 0 aliphatic rings. The monoisotopic (exact) mass is 368 g/mol. The highest BCUT2D eigenvalue weighted by Gasteiger charge is 2.42. The van der Waals surface area contributed by atoms with Gasteiger partial charge in [-0.25, -0.2) is 4.79 Å². The van der Waals surface area contributed by atoms with Crippen LogP contribution in [0.2, 0.25) is 0 Å². The normalized spacial score (nSPS) is 13.4. The van der Waals surface area contributed by atoms with Gasteiger partial charge in [-0.2, -0.15) is 13.2 Å². The second kappa shape index (κ2) is 7.02. The molecule has 0 aromatic carbocycles. The Balaban J connectivity index is 4.26. The van der Waals surface area contributed by atoms with E-state index in [0.29, 0.717) is 0 Å². The summed E-state index contributed by atoms with van der Waals surface area (Å²) in [4.78, 5) is 21.7. The van der Waals surface area contributed by atoms with Gasteiger partial charge in [-0.05, 0) is 13.8 Å². The molecule has 0 saturated heterocycles. The Bertz CT molecular complexity index is 278. The topological polar surface area (TPSA) is 52.6 Å². The van der Waals surface area contributed by atoms with E-state index in [1.807, 2.05) is 0 Å². The van der Waals surface area contributed by atoms with Crippen molar-refractivity contribution in [3.8, 4) is 0 Å². The summed E-state index contributed by atoms with van der Waals surface area (Å²) in [6, 6.07) is 0. The van der Waals surface area contributed by atoms with Gasteiger partial charge in [0.25, 0.3) is 0 Å². The van der Waals surface area contributed by atoms with Crippen LogP contribution in [0.1, 0.15) is 20.3 Å². The Morgan fingerprint density at radius 1 is 1.24 bits per heavy atom. The van der Waals surface area contributed by atoms with Gasteiger partial charge in [-0.15, -0.1) is 0 Å². The molecule has 1 unspecified atom stereocenters. The molecule has 4 nitrogen and oxygen atoms in total. The highest BCUT2D eigenvalue weighted by Crippen LogP contribution is 2.19. The second-order valence-corrected chi connectivity index (χ2v) is 4.30. The number of halogens is 4. The van der Waals surface area contributed by atoms with Crippen molar-refractivity contribution in [2.45, 2.75) is 38.7 Å². The maximum absolute atomic E-state index is 11.9. The molecular formula is C9H12F3IO4. The van der Waals surface area contributed by atoms with Crippen LogP contribution in [0, 0.1) is 0 Å². The van der Waals surface area contributed by atoms with E-state index in [0.717, 1.165) is 0 Å². The average molecular weight is 368 g/mol. The van der Waals surface area contributed by atoms with E-state index in [2.05, 4.69) is 4.74 Å². The summed E-state index contributed by atoms with van der Waals surface area (Å²) in [5.41, 5.74) is 0. The number of esters is 2. The standard InChI is InChI=1S/C9H12F3IO4/c1-5(2)16-7(14)3-6(4-13)17-8(15)9(10,11)12/h5-6H,3-4H2,1-2H3. The lowest BCUT2D eigenvalue weighted by Gasteiger charge is -2.16. The number of carbonyl (C=O) groups excluding carboxylic acids is 2.